The summed E-state index contributed by atoms with van der Waals surface area (Å²) in [7, 11) is 0. The Morgan fingerprint density at radius 2 is 1.56 bits per heavy atom. The molecule has 0 unspecified atom stereocenters. The number of benzene rings is 2. The molecule has 0 bridgehead atoms. The van der Waals surface area contributed by atoms with E-state index in [1.807, 2.05) is 61.5 Å². The average molecular weight is 332 g/mol. The highest BCUT2D eigenvalue weighted by Crippen LogP contribution is 2.36. The molecule has 4 rings (SSSR count). The minimum absolute atomic E-state index is 0.212. The van der Waals surface area contributed by atoms with E-state index in [9.17, 15) is 9.59 Å². The lowest BCUT2D eigenvalue weighted by molar-refractivity contribution is -0.120. The van der Waals surface area contributed by atoms with Crippen molar-refractivity contribution in [3.05, 3.63) is 71.4 Å². The molecule has 0 N–H and O–H groups in total. The first kappa shape index (κ1) is 15.6. The SMILES string of the molecule is Cc1cccc(N2C(=O)C(c3ccccc3)=C(N3CCCC3)C2=O)c1. The van der Waals surface area contributed by atoms with Gasteiger partial charge in [-0.25, -0.2) is 4.90 Å². The molecule has 2 heterocycles. The van der Waals surface area contributed by atoms with Crippen molar-refractivity contribution < 1.29 is 9.59 Å². The van der Waals surface area contributed by atoms with Crippen LogP contribution < -0.4 is 4.90 Å². The van der Waals surface area contributed by atoms with Gasteiger partial charge in [0.1, 0.15) is 5.70 Å². The topological polar surface area (TPSA) is 40.6 Å². The quantitative estimate of drug-likeness (QED) is 0.809. The van der Waals surface area contributed by atoms with Crippen molar-refractivity contribution in [1.82, 2.24) is 4.90 Å². The first-order chi connectivity index (χ1) is 12.2. The number of nitrogens with zero attached hydrogens (tertiary/aromatic N) is 2. The Kier molecular flexibility index (Phi) is 3.88. The molecule has 4 heteroatoms. The molecule has 0 aromatic heterocycles. The van der Waals surface area contributed by atoms with Gasteiger partial charge in [-0.3, -0.25) is 9.59 Å². The Morgan fingerprint density at radius 1 is 0.840 bits per heavy atom. The van der Waals surface area contributed by atoms with Gasteiger partial charge in [-0.15, -0.1) is 0 Å². The number of anilines is 1. The molecule has 2 aliphatic heterocycles. The number of carbonyl (C=O) groups is 2. The van der Waals surface area contributed by atoms with Crippen LogP contribution in [-0.2, 0) is 9.59 Å². The first-order valence-corrected chi connectivity index (χ1v) is 8.67. The van der Waals surface area contributed by atoms with E-state index in [0.717, 1.165) is 37.1 Å². The normalized spacial score (nSPS) is 17.8. The zero-order valence-electron chi connectivity index (χ0n) is 14.2. The minimum atomic E-state index is -0.233. The van der Waals surface area contributed by atoms with E-state index in [1.165, 1.54) is 4.90 Å². The lowest BCUT2D eigenvalue weighted by atomic mass is 10.0. The second kappa shape index (κ2) is 6.20. The van der Waals surface area contributed by atoms with E-state index >= 15 is 0 Å². The molecule has 2 amide bonds. The molecule has 0 radical (unpaired) electrons. The van der Waals surface area contributed by atoms with Crippen molar-refractivity contribution in [2.24, 2.45) is 0 Å². The second-order valence-electron chi connectivity index (χ2n) is 6.57. The lowest BCUT2D eigenvalue weighted by Crippen LogP contribution is -2.34. The summed E-state index contributed by atoms with van der Waals surface area (Å²) in [5.41, 5.74) is 3.54. The van der Waals surface area contributed by atoms with Crippen molar-refractivity contribution in [2.45, 2.75) is 19.8 Å². The van der Waals surface area contributed by atoms with Gasteiger partial charge >= 0.3 is 0 Å². The largest absolute Gasteiger partial charge is 0.366 e. The molecule has 2 aromatic carbocycles. The number of amides is 2. The fourth-order valence-corrected chi connectivity index (χ4v) is 3.62. The van der Waals surface area contributed by atoms with E-state index in [0.29, 0.717) is 17.0 Å². The predicted molar refractivity (Wildman–Crippen MR) is 97.8 cm³/mol. The number of hydrogen-bond acceptors (Lipinski definition) is 3. The molecule has 2 aliphatic rings. The molecule has 126 valence electrons. The second-order valence-corrected chi connectivity index (χ2v) is 6.57. The van der Waals surface area contributed by atoms with Gasteiger partial charge in [0.05, 0.1) is 11.3 Å². The summed E-state index contributed by atoms with van der Waals surface area (Å²) in [6.45, 7) is 3.61. The number of aryl methyl sites for hydroxylation is 1. The van der Waals surface area contributed by atoms with Gasteiger partial charge in [-0.2, -0.15) is 0 Å². The van der Waals surface area contributed by atoms with Crippen LogP contribution in [0.2, 0.25) is 0 Å². The molecule has 0 spiro atoms. The van der Waals surface area contributed by atoms with Crippen LogP contribution in [0.25, 0.3) is 5.57 Å². The average Bonchev–Trinajstić information content (AvgIpc) is 3.22. The molecule has 0 atom stereocenters. The molecule has 0 saturated carbocycles. The van der Waals surface area contributed by atoms with Crippen LogP contribution in [0.15, 0.2) is 60.3 Å². The van der Waals surface area contributed by atoms with Gasteiger partial charge in [0.25, 0.3) is 11.8 Å². The summed E-state index contributed by atoms with van der Waals surface area (Å²) in [6, 6.07) is 17.0. The van der Waals surface area contributed by atoms with Crippen LogP contribution in [0.1, 0.15) is 24.0 Å². The third-order valence-corrected chi connectivity index (χ3v) is 4.80. The minimum Gasteiger partial charge on any atom is -0.366 e. The van der Waals surface area contributed by atoms with Crippen LogP contribution in [0.5, 0.6) is 0 Å². The maximum Gasteiger partial charge on any atom is 0.282 e. The molecule has 25 heavy (non-hydrogen) atoms. The number of carbonyl (C=O) groups excluding carboxylic acids is 2. The van der Waals surface area contributed by atoms with Crippen LogP contribution in [0.4, 0.5) is 5.69 Å². The monoisotopic (exact) mass is 332 g/mol. The molecule has 1 fully saturated rings. The standard InChI is InChI=1S/C21H20N2O2/c1-15-8-7-11-17(14-15)23-20(24)18(16-9-3-2-4-10-16)19(21(23)25)22-12-5-6-13-22/h2-4,7-11,14H,5-6,12-13H2,1H3. The van der Waals surface area contributed by atoms with Crippen molar-refractivity contribution in [3.8, 4) is 0 Å². The smallest absolute Gasteiger partial charge is 0.282 e. The van der Waals surface area contributed by atoms with E-state index in [-0.39, 0.29) is 11.8 Å². The number of hydrogen-bond donors (Lipinski definition) is 0. The molecule has 0 aliphatic carbocycles. The van der Waals surface area contributed by atoms with Gasteiger partial charge in [0.2, 0.25) is 0 Å². The molecular weight excluding hydrogens is 312 g/mol. The van der Waals surface area contributed by atoms with Crippen LogP contribution in [-0.4, -0.2) is 29.8 Å². The third-order valence-electron chi connectivity index (χ3n) is 4.80. The molecule has 1 saturated heterocycles. The van der Waals surface area contributed by atoms with Crippen LogP contribution in [0.3, 0.4) is 0 Å². The zero-order valence-corrected chi connectivity index (χ0v) is 14.2. The summed E-state index contributed by atoms with van der Waals surface area (Å²) >= 11 is 0. The third kappa shape index (κ3) is 2.64. The van der Waals surface area contributed by atoms with Crippen molar-refractivity contribution in [2.75, 3.05) is 18.0 Å². The van der Waals surface area contributed by atoms with Gasteiger partial charge < -0.3 is 4.90 Å². The van der Waals surface area contributed by atoms with Crippen molar-refractivity contribution in [1.29, 1.82) is 0 Å². The Balaban J connectivity index is 1.84. The van der Waals surface area contributed by atoms with Gasteiger partial charge in [-0.1, -0.05) is 42.5 Å². The fourth-order valence-electron chi connectivity index (χ4n) is 3.62. The van der Waals surface area contributed by atoms with Gasteiger partial charge in [0.15, 0.2) is 0 Å². The lowest BCUT2D eigenvalue weighted by Gasteiger charge is -2.20. The molecule has 4 nitrogen and oxygen atoms in total. The van der Waals surface area contributed by atoms with Crippen molar-refractivity contribution >= 4 is 23.1 Å². The van der Waals surface area contributed by atoms with Gasteiger partial charge in [0, 0.05) is 13.1 Å². The maximum atomic E-state index is 13.2. The van der Waals surface area contributed by atoms with E-state index < -0.39 is 0 Å². The fraction of sp³-hybridized carbons (Fsp3) is 0.238. The summed E-state index contributed by atoms with van der Waals surface area (Å²) in [6.07, 6.45) is 2.11. The Hall–Kier alpha value is -2.88. The highest BCUT2D eigenvalue weighted by atomic mass is 16.2. The molecular formula is C21H20N2O2. The zero-order chi connectivity index (χ0) is 17.4. The van der Waals surface area contributed by atoms with Crippen LogP contribution >= 0.6 is 0 Å². The van der Waals surface area contributed by atoms with E-state index in [2.05, 4.69) is 4.90 Å². The predicted octanol–water partition coefficient (Wildman–Crippen LogP) is 3.38. The summed E-state index contributed by atoms with van der Waals surface area (Å²) < 4.78 is 0. The van der Waals surface area contributed by atoms with E-state index in [1.54, 1.807) is 0 Å². The van der Waals surface area contributed by atoms with Crippen molar-refractivity contribution in [3.63, 3.8) is 0 Å². The first-order valence-electron chi connectivity index (χ1n) is 8.67. The number of rotatable bonds is 3. The number of likely N-dealkylation sites (tertiary alicyclic amines) is 1. The summed E-state index contributed by atoms with van der Waals surface area (Å²) in [4.78, 5) is 29.8. The van der Waals surface area contributed by atoms with E-state index in [4.69, 9.17) is 0 Å². The number of imide groups is 1. The Bertz CT molecular complexity index is 864. The Labute approximate surface area is 147 Å². The van der Waals surface area contributed by atoms with Gasteiger partial charge in [-0.05, 0) is 43.0 Å². The Morgan fingerprint density at radius 3 is 2.24 bits per heavy atom. The maximum absolute atomic E-state index is 13.2. The highest BCUT2D eigenvalue weighted by molar-refractivity contribution is 6.45. The summed E-state index contributed by atoms with van der Waals surface area (Å²) in [5.74, 6) is -0.444. The summed E-state index contributed by atoms with van der Waals surface area (Å²) in [5, 5.41) is 0. The highest BCUT2D eigenvalue weighted by Gasteiger charge is 2.42. The van der Waals surface area contributed by atoms with Crippen LogP contribution in [0, 0.1) is 6.92 Å². The molecule has 2 aromatic rings.